The van der Waals surface area contributed by atoms with Crippen molar-refractivity contribution in [1.82, 2.24) is 10.2 Å². The van der Waals surface area contributed by atoms with Crippen molar-refractivity contribution in [3.63, 3.8) is 0 Å². The Morgan fingerprint density at radius 2 is 1.90 bits per heavy atom. The van der Waals surface area contributed by atoms with Crippen LogP contribution in [0.5, 0.6) is 0 Å². The molecule has 1 N–H and O–H groups in total. The summed E-state index contributed by atoms with van der Waals surface area (Å²) >= 11 is 0. The van der Waals surface area contributed by atoms with Crippen LogP contribution in [-0.2, 0) is 11.2 Å². The number of aliphatic imine (C=N–C) groups is 1. The minimum atomic E-state index is 0.671. The molecule has 0 radical (unpaired) electrons. The van der Waals surface area contributed by atoms with E-state index in [-0.39, 0.29) is 0 Å². The topological polar surface area (TPSA) is 53.2 Å². The van der Waals surface area contributed by atoms with E-state index in [0.717, 1.165) is 76.8 Å². The van der Waals surface area contributed by atoms with Gasteiger partial charge in [-0.15, -0.1) is 0 Å². The number of furan rings is 1. The summed E-state index contributed by atoms with van der Waals surface area (Å²) in [6.45, 7) is 5.37. The Bertz CT molecular complexity index is 727. The van der Waals surface area contributed by atoms with Crippen molar-refractivity contribution < 1.29 is 9.15 Å². The summed E-state index contributed by atoms with van der Waals surface area (Å²) in [5.41, 5.74) is 1.25. The first-order valence-corrected chi connectivity index (χ1v) is 11.1. The normalized spacial score (nSPS) is 15.2. The number of hydrogen-bond acceptors (Lipinski definition) is 4. The molecule has 1 saturated heterocycles. The second-order valence-electron chi connectivity index (χ2n) is 8.01. The minimum absolute atomic E-state index is 0.671. The maximum atomic E-state index is 5.51. The molecule has 0 bridgehead atoms. The lowest BCUT2D eigenvalue weighted by Crippen LogP contribution is -2.43. The van der Waals surface area contributed by atoms with Crippen LogP contribution in [0.15, 0.2) is 58.1 Å². The lowest BCUT2D eigenvalue weighted by atomic mass is 10.00. The molecule has 0 aliphatic carbocycles. The number of benzene rings is 1. The predicted molar refractivity (Wildman–Crippen MR) is 123 cm³/mol. The molecule has 1 aromatic carbocycles. The first kappa shape index (κ1) is 22.2. The molecule has 0 unspecified atom stereocenters. The van der Waals surface area contributed by atoms with Crippen LogP contribution in [0.2, 0.25) is 0 Å². The van der Waals surface area contributed by atoms with E-state index in [2.05, 4.69) is 59.5 Å². The molecule has 2 heterocycles. The van der Waals surface area contributed by atoms with Crippen LogP contribution in [0.4, 0.5) is 5.69 Å². The number of hydrogen-bond donors (Lipinski definition) is 1. The Kier molecular flexibility index (Phi) is 9.09. The molecule has 0 amide bonds. The SMILES string of the molecule is CN(CC1CCOCC1)C(=NCCCN(C)c1ccccc1)NCCc1ccco1. The Hall–Kier alpha value is -2.47. The second kappa shape index (κ2) is 12.3. The number of nitrogens with one attached hydrogen (secondary N) is 1. The van der Waals surface area contributed by atoms with Gasteiger partial charge < -0.3 is 24.3 Å². The van der Waals surface area contributed by atoms with Crippen LogP contribution in [0.1, 0.15) is 25.0 Å². The lowest BCUT2D eigenvalue weighted by Gasteiger charge is -2.29. The summed E-state index contributed by atoms with van der Waals surface area (Å²) in [5.74, 6) is 2.65. The van der Waals surface area contributed by atoms with Gasteiger partial charge in [0.2, 0.25) is 0 Å². The fourth-order valence-corrected chi connectivity index (χ4v) is 3.77. The molecular formula is C24H36N4O2. The van der Waals surface area contributed by atoms with Gasteiger partial charge in [-0.25, -0.2) is 0 Å². The summed E-state index contributed by atoms with van der Waals surface area (Å²) in [6.07, 6.45) is 5.86. The standard InChI is InChI=1S/C24H36N4O2/c1-27(22-8-4-3-5-9-22)16-7-14-25-24(26-15-11-23-10-6-17-30-23)28(2)20-21-12-18-29-19-13-21/h3-6,8-10,17,21H,7,11-16,18-20H2,1-2H3,(H,25,26). The zero-order valence-corrected chi connectivity index (χ0v) is 18.4. The Morgan fingerprint density at radius 1 is 1.10 bits per heavy atom. The number of anilines is 1. The summed E-state index contributed by atoms with van der Waals surface area (Å²) in [4.78, 5) is 9.48. The van der Waals surface area contributed by atoms with E-state index in [9.17, 15) is 0 Å². The highest BCUT2D eigenvalue weighted by molar-refractivity contribution is 5.79. The monoisotopic (exact) mass is 412 g/mol. The van der Waals surface area contributed by atoms with Crippen LogP contribution in [0.3, 0.4) is 0 Å². The maximum Gasteiger partial charge on any atom is 0.193 e. The van der Waals surface area contributed by atoms with E-state index in [1.165, 1.54) is 5.69 Å². The van der Waals surface area contributed by atoms with Crippen LogP contribution in [0.25, 0.3) is 0 Å². The molecule has 3 rings (SSSR count). The number of rotatable bonds is 10. The van der Waals surface area contributed by atoms with Gasteiger partial charge in [0.1, 0.15) is 5.76 Å². The molecule has 2 aromatic rings. The maximum absolute atomic E-state index is 5.51. The van der Waals surface area contributed by atoms with Crippen molar-refractivity contribution >= 4 is 11.6 Å². The van der Waals surface area contributed by atoms with E-state index in [1.807, 2.05) is 12.1 Å². The molecule has 6 heteroatoms. The molecule has 6 nitrogen and oxygen atoms in total. The van der Waals surface area contributed by atoms with Gasteiger partial charge in [-0.05, 0) is 49.4 Å². The average Bonchev–Trinajstić information content (AvgIpc) is 3.30. The number of guanidine groups is 1. The molecule has 0 saturated carbocycles. The van der Waals surface area contributed by atoms with E-state index in [1.54, 1.807) is 6.26 Å². The Labute approximate surface area is 180 Å². The molecule has 164 valence electrons. The van der Waals surface area contributed by atoms with Crippen molar-refractivity contribution in [1.29, 1.82) is 0 Å². The number of para-hydroxylation sites is 1. The zero-order chi connectivity index (χ0) is 21.0. The predicted octanol–water partition coefficient (Wildman–Crippen LogP) is 3.65. The highest BCUT2D eigenvalue weighted by Crippen LogP contribution is 2.16. The van der Waals surface area contributed by atoms with Crippen molar-refractivity contribution in [2.45, 2.75) is 25.7 Å². The van der Waals surface area contributed by atoms with Crippen molar-refractivity contribution in [3.05, 3.63) is 54.5 Å². The van der Waals surface area contributed by atoms with Crippen LogP contribution in [-0.4, -0.2) is 64.3 Å². The largest absolute Gasteiger partial charge is 0.469 e. The fraction of sp³-hybridized carbons (Fsp3) is 0.542. The fourth-order valence-electron chi connectivity index (χ4n) is 3.77. The highest BCUT2D eigenvalue weighted by Gasteiger charge is 2.17. The molecule has 0 atom stereocenters. The number of ether oxygens (including phenoxy) is 1. The second-order valence-corrected chi connectivity index (χ2v) is 8.01. The van der Waals surface area contributed by atoms with Gasteiger partial charge in [-0.3, -0.25) is 4.99 Å². The molecule has 1 aliphatic rings. The van der Waals surface area contributed by atoms with Gasteiger partial charge in [0.15, 0.2) is 5.96 Å². The van der Waals surface area contributed by atoms with Crippen LogP contribution in [0, 0.1) is 5.92 Å². The minimum Gasteiger partial charge on any atom is -0.469 e. The van der Waals surface area contributed by atoms with Gasteiger partial charge >= 0.3 is 0 Å². The summed E-state index contributed by atoms with van der Waals surface area (Å²) in [5, 5.41) is 3.54. The van der Waals surface area contributed by atoms with Crippen LogP contribution >= 0.6 is 0 Å². The molecule has 1 aliphatic heterocycles. The first-order valence-electron chi connectivity index (χ1n) is 11.1. The Balaban J connectivity index is 1.50. The summed E-state index contributed by atoms with van der Waals surface area (Å²) < 4.78 is 11.0. The van der Waals surface area contributed by atoms with Crippen LogP contribution < -0.4 is 10.2 Å². The van der Waals surface area contributed by atoms with E-state index in [4.69, 9.17) is 14.1 Å². The third-order valence-electron chi connectivity index (χ3n) is 5.58. The third kappa shape index (κ3) is 7.41. The zero-order valence-electron chi connectivity index (χ0n) is 18.4. The average molecular weight is 413 g/mol. The smallest absolute Gasteiger partial charge is 0.193 e. The lowest BCUT2D eigenvalue weighted by molar-refractivity contribution is 0.0610. The third-order valence-corrected chi connectivity index (χ3v) is 5.58. The van der Waals surface area contributed by atoms with E-state index >= 15 is 0 Å². The van der Waals surface area contributed by atoms with Crippen molar-refractivity contribution in [2.24, 2.45) is 10.9 Å². The summed E-state index contributed by atoms with van der Waals surface area (Å²) in [6, 6.07) is 14.5. The quantitative estimate of drug-likeness (QED) is 0.367. The van der Waals surface area contributed by atoms with Gasteiger partial charge in [0.05, 0.1) is 6.26 Å². The van der Waals surface area contributed by atoms with E-state index in [0.29, 0.717) is 5.92 Å². The number of nitrogens with zero attached hydrogens (tertiary/aromatic N) is 3. The van der Waals surface area contributed by atoms with Gasteiger partial charge in [-0.1, -0.05) is 18.2 Å². The Morgan fingerprint density at radius 3 is 2.63 bits per heavy atom. The van der Waals surface area contributed by atoms with Gasteiger partial charge in [0.25, 0.3) is 0 Å². The first-order chi connectivity index (χ1) is 14.7. The molecule has 30 heavy (non-hydrogen) atoms. The molecule has 0 spiro atoms. The summed E-state index contributed by atoms with van der Waals surface area (Å²) in [7, 11) is 4.28. The van der Waals surface area contributed by atoms with Gasteiger partial charge in [0, 0.05) is 65.6 Å². The molecule has 1 fully saturated rings. The molecular weight excluding hydrogens is 376 g/mol. The van der Waals surface area contributed by atoms with E-state index < -0.39 is 0 Å². The highest BCUT2D eigenvalue weighted by atomic mass is 16.5. The van der Waals surface area contributed by atoms with Crippen molar-refractivity contribution in [3.8, 4) is 0 Å². The van der Waals surface area contributed by atoms with Gasteiger partial charge in [-0.2, -0.15) is 0 Å². The van der Waals surface area contributed by atoms with Crippen molar-refractivity contribution in [2.75, 3.05) is 58.4 Å². The molecule has 1 aromatic heterocycles.